The first kappa shape index (κ1) is 29.9. The molecular weight excluding hydrogens is 597 g/mol. The van der Waals surface area contributed by atoms with Crippen molar-refractivity contribution in [1.82, 2.24) is 0 Å². The van der Waals surface area contributed by atoms with Crippen LogP contribution in [0.3, 0.4) is 0 Å². The Kier molecular flexibility index (Phi) is 11.2. The molecule has 206 valence electrons. The summed E-state index contributed by atoms with van der Waals surface area (Å²) < 4.78 is 6.42. The summed E-state index contributed by atoms with van der Waals surface area (Å²) in [6.45, 7) is 11.4. The Bertz CT molecular complexity index is 1200. The molecule has 39 heavy (non-hydrogen) atoms. The number of aryl methyl sites for hydroxylation is 2. The Hall–Kier alpha value is -2.04. The number of thiophene rings is 1. The van der Waals surface area contributed by atoms with Gasteiger partial charge in [-0.25, -0.2) is 0 Å². The summed E-state index contributed by atoms with van der Waals surface area (Å²) in [5, 5.41) is 0. The molecule has 0 aliphatic heterocycles. The van der Waals surface area contributed by atoms with Crippen LogP contribution >= 0.6 is 11.3 Å². The second-order valence-electron chi connectivity index (χ2n) is 11.3. The van der Waals surface area contributed by atoms with Crippen LogP contribution < -0.4 is 7.79 Å². The van der Waals surface area contributed by atoms with E-state index in [-0.39, 0.29) is 0 Å². The molecule has 0 saturated carbocycles. The zero-order valence-corrected chi connectivity index (χ0v) is 28.5. The van der Waals surface area contributed by atoms with Crippen molar-refractivity contribution < 1.29 is 0 Å². The molecule has 1 heterocycles. The van der Waals surface area contributed by atoms with E-state index in [4.69, 9.17) is 0 Å². The van der Waals surface area contributed by atoms with Gasteiger partial charge in [-0.3, -0.25) is 0 Å². The fraction of sp³-hybridized carbons (Fsp3) is 0.389. The number of hydrogen-bond donors (Lipinski definition) is 0. The molecule has 1 aromatic heterocycles. The monoisotopic (exact) mass is 645 g/mol. The third kappa shape index (κ3) is 7.58. The van der Waals surface area contributed by atoms with Crippen molar-refractivity contribution >= 4 is 49.7 Å². The molecule has 0 bridgehead atoms. The van der Waals surface area contributed by atoms with Crippen molar-refractivity contribution in [2.45, 2.75) is 86.5 Å². The average Bonchev–Trinajstić information content (AvgIpc) is 3.46. The first-order chi connectivity index (χ1) is 19.0. The number of unbranched alkanes of at least 4 members (excludes halogenated alkanes) is 3. The summed E-state index contributed by atoms with van der Waals surface area (Å²) in [5.74, 6) is 0. The molecule has 0 aliphatic carbocycles. The molecule has 3 aromatic carbocycles. The number of benzene rings is 3. The SMILES string of the molecule is CCC[CH2][Sn]([CH2]CCC)([CH2]CCC)[c]1ccc(-c2ccc(N(c3ccc(C)cc3)c3ccc(C)cc3)cc2)s1. The van der Waals surface area contributed by atoms with Gasteiger partial charge in [-0.2, -0.15) is 0 Å². The second-order valence-corrected chi connectivity index (χ2v) is 26.6. The van der Waals surface area contributed by atoms with Crippen LogP contribution in [0.4, 0.5) is 17.1 Å². The quantitative estimate of drug-likeness (QED) is 0.124. The Morgan fingerprint density at radius 3 is 1.36 bits per heavy atom. The van der Waals surface area contributed by atoms with E-state index in [2.05, 4.69) is 136 Å². The maximum absolute atomic E-state index is 2.55. The Balaban J connectivity index is 1.66. The third-order valence-electron chi connectivity index (χ3n) is 8.15. The molecule has 0 atom stereocenters. The van der Waals surface area contributed by atoms with E-state index < -0.39 is 18.4 Å². The molecule has 3 heteroatoms. The van der Waals surface area contributed by atoms with Gasteiger partial charge >= 0.3 is 234 Å². The molecule has 0 amide bonds. The summed E-state index contributed by atoms with van der Waals surface area (Å²) in [6.07, 6.45) is 8.23. The average molecular weight is 645 g/mol. The third-order valence-corrected chi connectivity index (χ3v) is 27.6. The summed E-state index contributed by atoms with van der Waals surface area (Å²) >= 11 is -0.254. The van der Waals surface area contributed by atoms with E-state index in [9.17, 15) is 0 Å². The van der Waals surface area contributed by atoms with Crippen LogP contribution in [0, 0.1) is 13.8 Å². The van der Waals surface area contributed by atoms with Crippen LogP contribution in [0.25, 0.3) is 10.4 Å². The van der Waals surface area contributed by atoms with Crippen molar-refractivity contribution in [3.63, 3.8) is 0 Å². The van der Waals surface area contributed by atoms with Gasteiger partial charge in [0.1, 0.15) is 0 Å². The van der Waals surface area contributed by atoms with Crippen LogP contribution in [-0.4, -0.2) is 18.4 Å². The van der Waals surface area contributed by atoms with Crippen molar-refractivity contribution in [2.24, 2.45) is 0 Å². The Labute approximate surface area is 246 Å². The van der Waals surface area contributed by atoms with Crippen LogP contribution in [0.15, 0.2) is 84.9 Å². The van der Waals surface area contributed by atoms with E-state index in [1.807, 2.05) is 2.89 Å². The summed E-state index contributed by atoms with van der Waals surface area (Å²) in [6, 6.07) is 32.0. The minimum absolute atomic E-state index is 1.19. The predicted molar refractivity (Wildman–Crippen MR) is 178 cm³/mol. The maximum atomic E-state index is 2.55. The van der Waals surface area contributed by atoms with Crippen molar-refractivity contribution in [3.05, 3.63) is 96.1 Å². The first-order valence-electron chi connectivity index (χ1n) is 15.1. The van der Waals surface area contributed by atoms with E-state index in [1.54, 1.807) is 0 Å². The normalized spacial score (nSPS) is 11.6. The van der Waals surface area contributed by atoms with Crippen LogP contribution in [0.2, 0.25) is 13.3 Å². The fourth-order valence-corrected chi connectivity index (χ4v) is 25.8. The minimum atomic E-state index is -2.39. The van der Waals surface area contributed by atoms with Gasteiger partial charge in [0.15, 0.2) is 0 Å². The number of hydrogen-bond acceptors (Lipinski definition) is 2. The molecule has 0 radical (unpaired) electrons. The molecule has 0 N–H and O–H groups in total. The van der Waals surface area contributed by atoms with Gasteiger partial charge in [-0.05, 0) is 13.8 Å². The topological polar surface area (TPSA) is 3.24 Å². The molecule has 0 unspecified atom stereocenters. The molecule has 1 nitrogen and oxygen atoms in total. The number of rotatable bonds is 14. The number of anilines is 3. The first-order valence-corrected chi connectivity index (χ1v) is 23.4. The van der Waals surface area contributed by atoms with Gasteiger partial charge in [0, 0.05) is 0 Å². The Morgan fingerprint density at radius 2 is 0.949 bits per heavy atom. The molecule has 0 aliphatic rings. The van der Waals surface area contributed by atoms with E-state index >= 15 is 0 Å². The molecule has 0 spiro atoms. The van der Waals surface area contributed by atoms with Crippen molar-refractivity contribution in [2.75, 3.05) is 4.90 Å². The predicted octanol–water partition coefficient (Wildman–Crippen LogP) is 11.6. The van der Waals surface area contributed by atoms with Gasteiger partial charge in [0.05, 0.1) is 0 Å². The molecule has 4 aromatic rings. The van der Waals surface area contributed by atoms with Gasteiger partial charge in [0.2, 0.25) is 0 Å². The van der Waals surface area contributed by atoms with Crippen molar-refractivity contribution in [1.29, 1.82) is 0 Å². The van der Waals surface area contributed by atoms with Crippen LogP contribution in [-0.2, 0) is 0 Å². The molecule has 0 saturated heterocycles. The van der Waals surface area contributed by atoms with Crippen LogP contribution in [0.1, 0.15) is 70.4 Å². The molecule has 4 rings (SSSR count). The molecule has 0 fully saturated rings. The van der Waals surface area contributed by atoms with Crippen molar-refractivity contribution in [3.8, 4) is 10.4 Å². The summed E-state index contributed by atoms with van der Waals surface area (Å²) in [5.41, 5.74) is 7.50. The zero-order chi connectivity index (χ0) is 27.7. The van der Waals surface area contributed by atoms with Gasteiger partial charge in [-0.15, -0.1) is 0 Å². The van der Waals surface area contributed by atoms with E-state index in [0.717, 1.165) is 0 Å². The van der Waals surface area contributed by atoms with Gasteiger partial charge < -0.3 is 0 Å². The van der Waals surface area contributed by atoms with Gasteiger partial charge in [0.25, 0.3) is 0 Å². The van der Waals surface area contributed by atoms with E-state index in [1.165, 1.54) is 90.5 Å². The Morgan fingerprint density at radius 1 is 0.538 bits per heavy atom. The zero-order valence-electron chi connectivity index (χ0n) is 24.8. The summed E-state index contributed by atoms with van der Waals surface area (Å²) in [4.78, 5) is 3.81. The van der Waals surface area contributed by atoms with Crippen LogP contribution in [0.5, 0.6) is 0 Å². The number of nitrogens with zero attached hydrogens (tertiary/aromatic N) is 1. The molecular formula is C36H47NSSn. The second kappa shape index (κ2) is 14.5. The standard InChI is InChI=1S/C24H20NS.3C4H9.Sn/c1-18-5-11-21(12-6-18)25(22-13-7-19(2)8-14-22)23-15-9-20(10-16-23)24-4-3-17-26-24;3*1-3-4-2;/h3-16H,1-2H3;3*1,3-4H2,2H3;. The fourth-order valence-electron chi connectivity index (χ4n) is 5.68. The van der Waals surface area contributed by atoms with Gasteiger partial charge in [-0.1, -0.05) is 0 Å². The van der Waals surface area contributed by atoms with E-state index in [0.29, 0.717) is 0 Å². The summed E-state index contributed by atoms with van der Waals surface area (Å²) in [7, 11) is 0.